The molecule has 0 aromatic carbocycles. The molecular formula is C7H15NO2S. The van der Waals surface area contributed by atoms with Crippen molar-refractivity contribution in [3.8, 4) is 0 Å². The standard InChI is InChI=1S/C7H15NO2S/c1-3-8-7(6-9)4-5-11(2)10/h6-8H,3-5H2,1-2H3/t7-,11?/m0/s1. The van der Waals surface area contributed by atoms with Crippen LogP contribution in [0.5, 0.6) is 0 Å². The van der Waals surface area contributed by atoms with Gasteiger partial charge < -0.3 is 14.7 Å². The van der Waals surface area contributed by atoms with Crippen molar-refractivity contribution in [3.05, 3.63) is 0 Å². The molecule has 0 aliphatic carbocycles. The van der Waals surface area contributed by atoms with E-state index in [0.717, 1.165) is 12.8 Å². The summed E-state index contributed by atoms with van der Waals surface area (Å²) in [5.41, 5.74) is 0. The van der Waals surface area contributed by atoms with Gasteiger partial charge in [0.15, 0.2) is 0 Å². The van der Waals surface area contributed by atoms with Crippen molar-refractivity contribution in [1.82, 2.24) is 5.32 Å². The zero-order valence-corrected chi connectivity index (χ0v) is 7.82. The first kappa shape index (κ1) is 10.9. The Morgan fingerprint density at radius 1 is 1.73 bits per heavy atom. The van der Waals surface area contributed by atoms with Crippen molar-refractivity contribution < 1.29 is 9.35 Å². The Bertz CT molecular complexity index is 109. The summed E-state index contributed by atoms with van der Waals surface area (Å²) in [7, 11) is 0. The molecule has 0 radical (unpaired) electrons. The van der Waals surface area contributed by atoms with Gasteiger partial charge >= 0.3 is 0 Å². The fourth-order valence-corrected chi connectivity index (χ4v) is 1.36. The third-order valence-corrected chi connectivity index (χ3v) is 2.16. The van der Waals surface area contributed by atoms with Gasteiger partial charge in [0.2, 0.25) is 0 Å². The number of hydrogen-bond acceptors (Lipinski definition) is 3. The smallest absolute Gasteiger partial charge is 0.137 e. The van der Waals surface area contributed by atoms with Crippen molar-refractivity contribution in [2.45, 2.75) is 19.4 Å². The molecule has 0 aliphatic heterocycles. The Labute approximate surface area is 70.7 Å². The van der Waals surface area contributed by atoms with Gasteiger partial charge in [0.05, 0.1) is 12.3 Å². The summed E-state index contributed by atoms with van der Waals surface area (Å²) >= 11 is -0.790. The van der Waals surface area contributed by atoms with E-state index >= 15 is 0 Å². The molecule has 0 aromatic heterocycles. The third-order valence-electron chi connectivity index (χ3n) is 1.35. The van der Waals surface area contributed by atoms with Gasteiger partial charge in [-0.05, 0) is 6.54 Å². The molecule has 0 saturated carbocycles. The molecule has 0 fully saturated rings. The molecule has 0 aromatic rings. The monoisotopic (exact) mass is 177 g/mol. The zero-order chi connectivity index (χ0) is 8.69. The van der Waals surface area contributed by atoms with Crippen LogP contribution >= 0.6 is 0 Å². The molecule has 0 spiro atoms. The largest absolute Gasteiger partial charge is 0.617 e. The van der Waals surface area contributed by atoms with Crippen LogP contribution in [0, 0.1) is 0 Å². The summed E-state index contributed by atoms with van der Waals surface area (Å²) in [6.45, 7) is 2.72. The van der Waals surface area contributed by atoms with Crippen LogP contribution in [-0.2, 0) is 16.0 Å². The summed E-state index contributed by atoms with van der Waals surface area (Å²) in [6.07, 6.45) is 3.19. The minimum atomic E-state index is -0.790. The maximum absolute atomic E-state index is 10.6. The van der Waals surface area contributed by atoms with Crippen LogP contribution in [0.15, 0.2) is 0 Å². The zero-order valence-electron chi connectivity index (χ0n) is 7.00. The van der Waals surface area contributed by atoms with Crippen molar-refractivity contribution in [1.29, 1.82) is 0 Å². The van der Waals surface area contributed by atoms with Gasteiger partial charge in [-0.25, -0.2) is 0 Å². The minimum absolute atomic E-state index is 0.121. The van der Waals surface area contributed by atoms with E-state index in [1.54, 1.807) is 6.26 Å². The van der Waals surface area contributed by atoms with Gasteiger partial charge in [0.25, 0.3) is 0 Å². The Morgan fingerprint density at radius 2 is 2.36 bits per heavy atom. The molecule has 3 nitrogen and oxygen atoms in total. The van der Waals surface area contributed by atoms with Gasteiger partial charge in [-0.1, -0.05) is 18.1 Å². The van der Waals surface area contributed by atoms with Crippen LogP contribution in [0.1, 0.15) is 13.3 Å². The summed E-state index contributed by atoms with van der Waals surface area (Å²) in [5.74, 6) is 0.594. The number of nitrogens with one attached hydrogen (secondary N) is 1. The second-order valence-electron chi connectivity index (χ2n) is 2.37. The average molecular weight is 177 g/mol. The highest BCUT2D eigenvalue weighted by molar-refractivity contribution is 7.90. The normalized spacial score (nSPS) is 15.9. The van der Waals surface area contributed by atoms with Crippen LogP contribution < -0.4 is 5.32 Å². The fourth-order valence-electron chi connectivity index (χ4n) is 0.773. The summed E-state index contributed by atoms with van der Waals surface area (Å²) < 4.78 is 10.6. The van der Waals surface area contributed by atoms with E-state index in [1.807, 2.05) is 6.92 Å². The summed E-state index contributed by atoms with van der Waals surface area (Å²) in [6, 6.07) is -0.121. The van der Waals surface area contributed by atoms with Crippen LogP contribution in [0.2, 0.25) is 0 Å². The van der Waals surface area contributed by atoms with E-state index < -0.39 is 11.2 Å². The van der Waals surface area contributed by atoms with Crippen molar-refractivity contribution >= 4 is 17.5 Å². The molecule has 0 bridgehead atoms. The average Bonchev–Trinajstić information content (AvgIpc) is 1.97. The van der Waals surface area contributed by atoms with Gasteiger partial charge in [-0.15, -0.1) is 0 Å². The number of rotatable bonds is 6. The fraction of sp³-hybridized carbons (Fsp3) is 0.857. The first-order chi connectivity index (χ1) is 5.20. The molecule has 0 amide bonds. The number of likely N-dealkylation sites (N-methyl/N-ethyl adjacent to an activating group) is 1. The first-order valence-electron chi connectivity index (χ1n) is 3.69. The molecule has 0 saturated heterocycles. The lowest BCUT2D eigenvalue weighted by Gasteiger charge is -2.10. The van der Waals surface area contributed by atoms with E-state index in [0.29, 0.717) is 12.2 Å². The molecule has 2 atom stereocenters. The van der Waals surface area contributed by atoms with Crippen LogP contribution in [-0.4, -0.2) is 35.4 Å². The predicted molar refractivity (Wildman–Crippen MR) is 47.1 cm³/mol. The highest BCUT2D eigenvalue weighted by Crippen LogP contribution is 1.93. The van der Waals surface area contributed by atoms with E-state index in [4.69, 9.17) is 0 Å². The second kappa shape index (κ2) is 6.64. The molecule has 0 heterocycles. The maximum atomic E-state index is 10.6. The number of hydrogen-bond donors (Lipinski definition) is 1. The van der Waals surface area contributed by atoms with E-state index in [2.05, 4.69) is 5.32 Å². The van der Waals surface area contributed by atoms with E-state index in [9.17, 15) is 9.35 Å². The first-order valence-corrected chi connectivity index (χ1v) is 5.42. The Morgan fingerprint density at radius 3 is 2.73 bits per heavy atom. The molecule has 1 unspecified atom stereocenters. The minimum Gasteiger partial charge on any atom is -0.617 e. The van der Waals surface area contributed by atoms with Gasteiger partial charge in [0.1, 0.15) is 12.0 Å². The Kier molecular flexibility index (Phi) is 6.60. The number of carbonyl (C=O) groups excluding carboxylic acids is 1. The lowest BCUT2D eigenvalue weighted by Crippen LogP contribution is -2.32. The van der Waals surface area contributed by atoms with Gasteiger partial charge in [-0.2, -0.15) is 0 Å². The van der Waals surface area contributed by atoms with Gasteiger partial charge in [0, 0.05) is 6.42 Å². The van der Waals surface area contributed by atoms with Crippen molar-refractivity contribution in [2.75, 3.05) is 18.6 Å². The Balaban J connectivity index is 3.43. The predicted octanol–water partition coefficient (Wildman–Crippen LogP) is -0.0680. The molecular weight excluding hydrogens is 162 g/mol. The maximum Gasteiger partial charge on any atom is 0.137 e. The summed E-state index contributed by atoms with van der Waals surface area (Å²) in [4.78, 5) is 10.3. The van der Waals surface area contributed by atoms with Crippen LogP contribution in [0.3, 0.4) is 0 Å². The molecule has 1 N–H and O–H groups in total. The molecule has 11 heavy (non-hydrogen) atoms. The molecule has 66 valence electrons. The van der Waals surface area contributed by atoms with Gasteiger partial charge in [-0.3, -0.25) is 0 Å². The lowest BCUT2D eigenvalue weighted by atomic mass is 10.2. The second-order valence-corrected chi connectivity index (χ2v) is 3.92. The quantitative estimate of drug-likeness (QED) is 0.456. The topological polar surface area (TPSA) is 52.2 Å². The lowest BCUT2D eigenvalue weighted by molar-refractivity contribution is -0.109. The Hall–Kier alpha value is -0.0600. The van der Waals surface area contributed by atoms with Crippen LogP contribution in [0.25, 0.3) is 0 Å². The third kappa shape index (κ3) is 6.34. The number of aldehydes is 1. The number of carbonyl (C=O) groups is 1. The molecule has 0 aliphatic rings. The summed E-state index contributed by atoms with van der Waals surface area (Å²) in [5, 5.41) is 2.99. The van der Waals surface area contributed by atoms with Crippen molar-refractivity contribution in [2.24, 2.45) is 0 Å². The van der Waals surface area contributed by atoms with Crippen LogP contribution in [0.4, 0.5) is 0 Å². The highest BCUT2D eigenvalue weighted by atomic mass is 32.2. The van der Waals surface area contributed by atoms with E-state index in [-0.39, 0.29) is 6.04 Å². The highest BCUT2D eigenvalue weighted by Gasteiger charge is 2.07. The van der Waals surface area contributed by atoms with Crippen molar-refractivity contribution in [3.63, 3.8) is 0 Å². The van der Waals surface area contributed by atoms with E-state index in [1.165, 1.54) is 0 Å². The SMILES string of the molecule is CCN[C@H](C=O)CC[S+](C)[O-]. The molecule has 0 rings (SSSR count). The molecule has 4 heteroatoms.